The molecule has 0 aliphatic carbocycles. The van der Waals surface area contributed by atoms with Gasteiger partial charge in [0.2, 0.25) is 0 Å². The fourth-order valence-electron chi connectivity index (χ4n) is 5.39. The molecule has 0 bridgehead atoms. The summed E-state index contributed by atoms with van der Waals surface area (Å²) in [5.74, 6) is 9.33. The Bertz CT molecular complexity index is 1610. The Morgan fingerprint density at radius 2 is 1.50 bits per heavy atom. The molecule has 6 rings (SSSR count). The summed E-state index contributed by atoms with van der Waals surface area (Å²) in [4.78, 5) is 0. The number of rotatable bonds is 1. The zero-order chi connectivity index (χ0) is 22.4. The summed E-state index contributed by atoms with van der Waals surface area (Å²) in [5, 5.41) is 7.65. The SMILES string of the molecule is Cc1c2c(c(C)c3ccccc13)-c1c3c(cc4c[c]([Ge]([CH3])([CH3])[CH3])ccc4c3cc[n+]1C)O2. The van der Waals surface area contributed by atoms with Crippen LogP contribution in [0.1, 0.15) is 11.1 Å². The van der Waals surface area contributed by atoms with Gasteiger partial charge in [-0.3, -0.25) is 0 Å². The number of pyridine rings is 1. The second-order valence-corrected chi connectivity index (χ2v) is 20.9. The number of aryl methyl sites for hydroxylation is 3. The van der Waals surface area contributed by atoms with Crippen LogP contribution in [0, 0.1) is 13.8 Å². The molecule has 1 aromatic heterocycles. The number of benzene rings is 4. The van der Waals surface area contributed by atoms with E-state index in [-0.39, 0.29) is 0 Å². The zero-order valence-electron chi connectivity index (χ0n) is 19.6. The van der Waals surface area contributed by atoms with E-state index in [4.69, 9.17) is 4.74 Å². The van der Waals surface area contributed by atoms with Gasteiger partial charge < -0.3 is 0 Å². The summed E-state index contributed by atoms with van der Waals surface area (Å²) >= 11 is -1.93. The molecule has 0 spiro atoms. The summed E-state index contributed by atoms with van der Waals surface area (Å²) in [7, 11) is 2.15. The summed E-state index contributed by atoms with van der Waals surface area (Å²) < 4.78 is 10.6. The third-order valence-corrected chi connectivity index (χ3v) is 11.5. The normalized spacial score (nSPS) is 12.9. The summed E-state index contributed by atoms with van der Waals surface area (Å²) in [6.45, 7) is 4.43. The number of hydrogen-bond acceptors (Lipinski definition) is 1. The molecule has 0 N–H and O–H groups in total. The zero-order valence-corrected chi connectivity index (χ0v) is 21.7. The Morgan fingerprint density at radius 1 is 0.781 bits per heavy atom. The average molecular weight is 479 g/mol. The van der Waals surface area contributed by atoms with Crippen LogP contribution in [0.25, 0.3) is 43.6 Å². The monoisotopic (exact) mass is 480 g/mol. The van der Waals surface area contributed by atoms with E-state index in [1.54, 1.807) is 0 Å². The first-order chi connectivity index (χ1) is 15.3. The van der Waals surface area contributed by atoms with Gasteiger partial charge in [0.15, 0.2) is 0 Å². The van der Waals surface area contributed by atoms with E-state index in [0.717, 1.165) is 11.5 Å². The second-order valence-electron chi connectivity index (χ2n) is 10.2. The molecule has 2 nitrogen and oxygen atoms in total. The molecule has 32 heavy (non-hydrogen) atoms. The van der Waals surface area contributed by atoms with Crippen molar-refractivity contribution in [2.75, 3.05) is 0 Å². The molecule has 0 unspecified atom stereocenters. The number of fused-ring (bicyclic) bond motifs is 5. The molecule has 1 aliphatic heterocycles. The van der Waals surface area contributed by atoms with Gasteiger partial charge in [0.1, 0.15) is 0 Å². The van der Waals surface area contributed by atoms with Gasteiger partial charge in [0.05, 0.1) is 0 Å². The molecule has 158 valence electrons. The number of ether oxygens (including phenoxy) is 1. The molecule has 2 heterocycles. The fourth-order valence-corrected chi connectivity index (χ4v) is 7.84. The van der Waals surface area contributed by atoms with Crippen LogP contribution in [-0.4, -0.2) is 13.3 Å². The van der Waals surface area contributed by atoms with Crippen LogP contribution in [-0.2, 0) is 7.05 Å². The molecule has 0 saturated heterocycles. The Morgan fingerprint density at radius 3 is 2.22 bits per heavy atom. The van der Waals surface area contributed by atoms with Crippen molar-refractivity contribution >= 4 is 50.0 Å². The van der Waals surface area contributed by atoms with Gasteiger partial charge in [0, 0.05) is 0 Å². The number of aromatic nitrogens is 1. The van der Waals surface area contributed by atoms with Crippen LogP contribution in [0.5, 0.6) is 11.5 Å². The molecule has 0 fully saturated rings. The molecular formula is C29H28GeNO+. The second kappa shape index (κ2) is 6.58. The van der Waals surface area contributed by atoms with Crippen LogP contribution in [0.3, 0.4) is 0 Å². The number of hydrogen-bond donors (Lipinski definition) is 0. The van der Waals surface area contributed by atoms with Gasteiger partial charge in [-0.2, -0.15) is 0 Å². The van der Waals surface area contributed by atoms with Crippen molar-refractivity contribution in [3.8, 4) is 22.8 Å². The maximum atomic E-state index is 6.76. The van der Waals surface area contributed by atoms with E-state index in [1.807, 2.05) is 0 Å². The van der Waals surface area contributed by atoms with Crippen molar-refractivity contribution in [1.82, 2.24) is 0 Å². The van der Waals surface area contributed by atoms with Crippen molar-refractivity contribution in [2.24, 2.45) is 7.05 Å². The molecule has 3 heteroatoms. The topological polar surface area (TPSA) is 13.1 Å². The predicted octanol–water partition coefficient (Wildman–Crippen LogP) is 6.91. The van der Waals surface area contributed by atoms with E-state index in [9.17, 15) is 0 Å². The molecule has 1 aliphatic rings. The summed E-state index contributed by atoms with van der Waals surface area (Å²) in [5.41, 5.74) is 4.97. The van der Waals surface area contributed by atoms with Crippen LogP contribution in [0.2, 0.25) is 17.3 Å². The Kier molecular flexibility index (Phi) is 4.08. The minimum atomic E-state index is -1.93. The van der Waals surface area contributed by atoms with Gasteiger partial charge in [-0.1, -0.05) is 0 Å². The molecule has 4 aromatic carbocycles. The maximum absolute atomic E-state index is 6.76. The van der Waals surface area contributed by atoms with Gasteiger partial charge >= 0.3 is 192 Å². The third kappa shape index (κ3) is 2.62. The fraction of sp³-hybridized carbons (Fsp3) is 0.207. The summed E-state index contributed by atoms with van der Waals surface area (Å²) in [6.07, 6.45) is 2.20. The first kappa shape index (κ1) is 19.8. The average Bonchev–Trinajstić information content (AvgIpc) is 2.77. The third-order valence-electron chi connectivity index (χ3n) is 7.19. The molecular weight excluding hydrogens is 451 g/mol. The minimum absolute atomic E-state index is 0.975. The van der Waals surface area contributed by atoms with Crippen molar-refractivity contribution in [2.45, 2.75) is 31.1 Å². The van der Waals surface area contributed by atoms with E-state index in [0.29, 0.717) is 0 Å². The molecule has 0 amide bonds. The quantitative estimate of drug-likeness (QED) is 0.142. The van der Waals surface area contributed by atoms with Gasteiger partial charge in [-0.05, 0) is 0 Å². The van der Waals surface area contributed by atoms with Gasteiger partial charge in [-0.15, -0.1) is 0 Å². The van der Waals surface area contributed by atoms with Crippen LogP contribution in [0.4, 0.5) is 0 Å². The Balaban J connectivity index is 1.78. The first-order valence-corrected chi connectivity index (χ1v) is 18.7. The number of nitrogens with zero attached hydrogens (tertiary/aromatic N) is 1. The van der Waals surface area contributed by atoms with Gasteiger partial charge in [-0.25, -0.2) is 0 Å². The molecule has 0 radical (unpaired) electrons. The van der Waals surface area contributed by atoms with Crippen molar-refractivity contribution in [3.05, 3.63) is 71.9 Å². The molecule has 0 saturated carbocycles. The standard InChI is InChI=1S/C29H28GeNO/c1-17-21-9-7-8-10-22(21)18(2)29-26(17)28-27-24(13-14-31(28)6)23-12-11-20(30(3,4)5)15-19(23)16-25(27)32-29/h7-16H,1-6H3/q+1. The molecule has 0 atom stereocenters. The van der Waals surface area contributed by atoms with E-state index in [1.165, 1.54) is 59.1 Å². The van der Waals surface area contributed by atoms with Crippen LogP contribution >= 0.6 is 0 Å². The van der Waals surface area contributed by atoms with Crippen molar-refractivity contribution in [1.29, 1.82) is 0 Å². The predicted molar refractivity (Wildman–Crippen MR) is 138 cm³/mol. The summed E-state index contributed by atoms with van der Waals surface area (Å²) in [6, 6.07) is 20.3. The van der Waals surface area contributed by atoms with Crippen LogP contribution in [0.15, 0.2) is 60.8 Å². The van der Waals surface area contributed by atoms with Gasteiger partial charge in [0.25, 0.3) is 0 Å². The Hall–Kier alpha value is -2.85. The van der Waals surface area contributed by atoms with E-state index in [2.05, 4.69) is 104 Å². The van der Waals surface area contributed by atoms with Crippen molar-refractivity contribution < 1.29 is 9.30 Å². The van der Waals surface area contributed by atoms with E-state index < -0.39 is 13.3 Å². The molecule has 5 aromatic rings. The Labute approximate surface area is 191 Å². The van der Waals surface area contributed by atoms with Crippen molar-refractivity contribution in [3.63, 3.8) is 0 Å². The first-order valence-electron chi connectivity index (χ1n) is 11.4. The van der Waals surface area contributed by atoms with Crippen LogP contribution < -0.4 is 13.7 Å². The van der Waals surface area contributed by atoms with E-state index >= 15 is 0 Å².